The Labute approximate surface area is 135 Å². The predicted molar refractivity (Wildman–Crippen MR) is 89.7 cm³/mol. The largest absolute Gasteiger partial charge is 0.341 e. The normalized spacial score (nSPS) is 10.8. The summed E-state index contributed by atoms with van der Waals surface area (Å²) in [7, 11) is 1.86. The fraction of sp³-hybridized carbons (Fsp3) is 0.278. The summed E-state index contributed by atoms with van der Waals surface area (Å²) in [5.41, 5.74) is 2.29. The van der Waals surface area contributed by atoms with Crippen molar-refractivity contribution in [3.63, 3.8) is 0 Å². The van der Waals surface area contributed by atoms with Crippen LogP contribution in [0.3, 0.4) is 0 Å². The van der Waals surface area contributed by atoms with Gasteiger partial charge in [0.15, 0.2) is 0 Å². The number of carbonyl (C=O) groups excluding carboxylic acids is 1. The van der Waals surface area contributed by atoms with Crippen LogP contribution in [0, 0.1) is 0 Å². The molecule has 0 saturated carbocycles. The first-order valence-electron chi connectivity index (χ1n) is 7.77. The number of pyridine rings is 1. The molecule has 0 spiro atoms. The minimum absolute atomic E-state index is 0.166. The molecule has 3 rings (SSSR count). The predicted octanol–water partition coefficient (Wildman–Crippen LogP) is 2.94. The number of nitrogens with one attached hydrogen (secondary N) is 1. The highest BCUT2D eigenvalue weighted by Gasteiger charge is 2.11. The van der Waals surface area contributed by atoms with Crippen molar-refractivity contribution in [2.45, 2.75) is 25.8 Å². The maximum absolute atomic E-state index is 12.3. The summed E-state index contributed by atoms with van der Waals surface area (Å²) < 4.78 is 0. The molecule has 0 aliphatic carbocycles. The Balaban J connectivity index is 1.59. The third-order valence-electron chi connectivity index (χ3n) is 4.02. The molecule has 1 N–H and O–H groups in total. The fourth-order valence-corrected chi connectivity index (χ4v) is 2.72. The second kappa shape index (κ2) is 7.05. The number of fused-ring (bicyclic) bond motifs is 1. The van der Waals surface area contributed by atoms with Crippen molar-refractivity contribution in [3.8, 4) is 0 Å². The zero-order chi connectivity index (χ0) is 16.1. The molecule has 2 aromatic heterocycles. The van der Waals surface area contributed by atoms with Crippen molar-refractivity contribution in [1.29, 1.82) is 0 Å². The summed E-state index contributed by atoms with van der Waals surface area (Å²) in [5.74, 6) is 0.166. The summed E-state index contributed by atoms with van der Waals surface area (Å²) in [5, 5.41) is 8.96. The lowest BCUT2D eigenvalue weighted by atomic mass is 10.1. The maximum atomic E-state index is 12.3. The van der Waals surface area contributed by atoms with Gasteiger partial charge in [0.05, 0.1) is 6.20 Å². The van der Waals surface area contributed by atoms with E-state index in [1.807, 2.05) is 37.6 Å². The third kappa shape index (κ3) is 3.74. The molecule has 5 nitrogen and oxygen atoms in total. The number of hydrogen-bond donors (Lipinski definition) is 1. The van der Waals surface area contributed by atoms with Crippen LogP contribution in [-0.4, -0.2) is 33.0 Å². The Kier molecular flexibility index (Phi) is 4.66. The highest BCUT2D eigenvalue weighted by atomic mass is 16.2. The first-order chi connectivity index (χ1) is 11.2. The van der Waals surface area contributed by atoms with Gasteiger partial charge >= 0.3 is 0 Å². The molecule has 0 atom stereocenters. The van der Waals surface area contributed by atoms with Crippen molar-refractivity contribution in [2.75, 3.05) is 7.05 Å². The third-order valence-corrected chi connectivity index (χ3v) is 4.02. The maximum Gasteiger partial charge on any atom is 0.222 e. The van der Waals surface area contributed by atoms with Crippen LogP contribution >= 0.6 is 0 Å². The molecule has 23 heavy (non-hydrogen) atoms. The lowest BCUT2D eigenvalue weighted by Crippen LogP contribution is -2.26. The standard InChI is InChI=1S/C18H20N4O/c1-22(18(23)7-2-4-14-10-20-21-11-14)13-16-6-3-5-15-12-19-9-8-17(15)16/h3,5-6,8-12H,2,4,7,13H2,1H3,(H,20,21). The van der Waals surface area contributed by atoms with E-state index >= 15 is 0 Å². The molecule has 0 unspecified atom stereocenters. The molecule has 0 fully saturated rings. The molecule has 0 saturated heterocycles. The summed E-state index contributed by atoms with van der Waals surface area (Å²) >= 11 is 0. The molecular formula is C18H20N4O. The SMILES string of the molecule is CN(Cc1cccc2cnccc12)C(=O)CCCc1cn[nH]c1. The van der Waals surface area contributed by atoms with Gasteiger partial charge in [0.1, 0.15) is 0 Å². The topological polar surface area (TPSA) is 61.9 Å². The molecule has 5 heteroatoms. The fourth-order valence-electron chi connectivity index (χ4n) is 2.72. The Morgan fingerprint density at radius 2 is 2.17 bits per heavy atom. The Morgan fingerprint density at radius 3 is 3.00 bits per heavy atom. The Hall–Kier alpha value is -2.69. The minimum atomic E-state index is 0.166. The van der Waals surface area contributed by atoms with Crippen LogP contribution in [-0.2, 0) is 17.8 Å². The number of rotatable bonds is 6. The number of hydrogen-bond acceptors (Lipinski definition) is 3. The van der Waals surface area contributed by atoms with Crippen LogP contribution in [0.1, 0.15) is 24.0 Å². The zero-order valence-electron chi connectivity index (χ0n) is 13.2. The first-order valence-corrected chi connectivity index (χ1v) is 7.77. The van der Waals surface area contributed by atoms with Crippen molar-refractivity contribution in [3.05, 3.63) is 60.2 Å². The van der Waals surface area contributed by atoms with Gasteiger partial charge < -0.3 is 4.90 Å². The van der Waals surface area contributed by atoms with E-state index in [-0.39, 0.29) is 5.91 Å². The van der Waals surface area contributed by atoms with E-state index in [1.54, 1.807) is 17.3 Å². The van der Waals surface area contributed by atoms with Crippen molar-refractivity contribution in [1.82, 2.24) is 20.1 Å². The molecule has 118 valence electrons. The molecule has 3 aromatic rings. The van der Waals surface area contributed by atoms with Crippen LogP contribution in [0.5, 0.6) is 0 Å². The number of H-pyrrole nitrogens is 1. The highest BCUT2D eigenvalue weighted by molar-refractivity contribution is 5.85. The number of benzene rings is 1. The second-order valence-electron chi connectivity index (χ2n) is 5.72. The van der Waals surface area contributed by atoms with Crippen LogP contribution in [0.4, 0.5) is 0 Å². The van der Waals surface area contributed by atoms with Crippen LogP contribution in [0.15, 0.2) is 49.1 Å². The number of nitrogens with zero attached hydrogens (tertiary/aromatic N) is 3. The lowest BCUT2D eigenvalue weighted by molar-refractivity contribution is -0.130. The zero-order valence-corrected chi connectivity index (χ0v) is 13.2. The van der Waals surface area contributed by atoms with Gasteiger partial charge in [0.25, 0.3) is 0 Å². The van der Waals surface area contributed by atoms with E-state index in [4.69, 9.17) is 0 Å². The van der Waals surface area contributed by atoms with Gasteiger partial charge in [0.2, 0.25) is 5.91 Å². The van der Waals surface area contributed by atoms with E-state index in [9.17, 15) is 4.79 Å². The van der Waals surface area contributed by atoms with E-state index < -0.39 is 0 Å². The van der Waals surface area contributed by atoms with Crippen molar-refractivity contribution in [2.24, 2.45) is 0 Å². The van der Waals surface area contributed by atoms with E-state index in [2.05, 4.69) is 21.2 Å². The first kappa shape index (κ1) is 15.2. The van der Waals surface area contributed by atoms with Gasteiger partial charge in [-0.2, -0.15) is 5.10 Å². The second-order valence-corrected chi connectivity index (χ2v) is 5.72. The van der Waals surface area contributed by atoms with Gasteiger partial charge in [0, 0.05) is 44.0 Å². The molecular weight excluding hydrogens is 288 g/mol. The van der Waals surface area contributed by atoms with Crippen molar-refractivity contribution < 1.29 is 4.79 Å². The number of aromatic nitrogens is 3. The highest BCUT2D eigenvalue weighted by Crippen LogP contribution is 2.19. The number of amides is 1. The van der Waals surface area contributed by atoms with Crippen LogP contribution in [0.25, 0.3) is 10.8 Å². The number of carbonyl (C=O) groups is 1. The Morgan fingerprint density at radius 1 is 1.26 bits per heavy atom. The van der Waals surface area contributed by atoms with E-state index in [0.29, 0.717) is 13.0 Å². The summed E-state index contributed by atoms with van der Waals surface area (Å²) in [6, 6.07) is 8.12. The molecule has 1 amide bonds. The van der Waals surface area contributed by atoms with Gasteiger partial charge in [-0.1, -0.05) is 18.2 Å². The van der Waals surface area contributed by atoms with Crippen molar-refractivity contribution >= 4 is 16.7 Å². The Bertz CT molecular complexity index is 777. The summed E-state index contributed by atoms with van der Waals surface area (Å²) in [6.45, 7) is 0.617. The quantitative estimate of drug-likeness (QED) is 0.761. The van der Waals surface area contributed by atoms with E-state index in [1.165, 1.54) is 0 Å². The molecule has 0 aliphatic heterocycles. The lowest BCUT2D eigenvalue weighted by Gasteiger charge is -2.18. The molecule has 0 aliphatic rings. The molecule has 0 bridgehead atoms. The van der Waals surface area contributed by atoms with Crippen LogP contribution < -0.4 is 0 Å². The monoisotopic (exact) mass is 308 g/mol. The molecule has 1 aromatic carbocycles. The number of aromatic amines is 1. The summed E-state index contributed by atoms with van der Waals surface area (Å²) in [4.78, 5) is 18.2. The van der Waals surface area contributed by atoms with E-state index in [0.717, 1.165) is 34.7 Å². The summed E-state index contributed by atoms with van der Waals surface area (Å²) in [6.07, 6.45) is 9.58. The average Bonchev–Trinajstić information content (AvgIpc) is 3.08. The van der Waals surface area contributed by atoms with Crippen LogP contribution in [0.2, 0.25) is 0 Å². The minimum Gasteiger partial charge on any atom is -0.341 e. The molecule has 0 radical (unpaired) electrons. The molecule has 2 heterocycles. The van der Waals surface area contributed by atoms with Gasteiger partial charge in [-0.15, -0.1) is 0 Å². The van der Waals surface area contributed by atoms with Gasteiger partial charge in [-0.25, -0.2) is 0 Å². The number of aryl methyl sites for hydroxylation is 1. The van der Waals surface area contributed by atoms with Gasteiger partial charge in [-0.05, 0) is 35.4 Å². The smallest absolute Gasteiger partial charge is 0.222 e. The average molecular weight is 308 g/mol. The van der Waals surface area contributed by atoms with Gasteiger partial charge in [-0.3, -0.25) is 14.9 Å².